The van der Waals surface area contributed by atoms with Crippen LogP contribution in [0.25, 0.3) is 0 Å². The number of anilines is 1. The Hall–Kier alpha value is -2.40. The van der Waals surface area contributed by atoms with Gasteiger partial charge in [-0.25, -0.2) is 0 Å². The topological polar surface area (TPSA) is 86.2 Å². The third-order valence-electron chi connectivity index (χ3n) is 2.61. The number of hydrogen-bond donors (Lipinski definition) is 1. The highest BCUT2D eigenvalue weighted by Gasteiger charge is 2.18. The SMILES string of the molecule is N[13c]1[13cH][13cH][13c]([N+](=O)[O-])[13cH][13c]1C(=O)c1ccccc1Cl. The monoisotopic (exact) mass is 282 g/mol. The molecule has 19 heavy (non-hydrogen) atoms. The first-order valence-corrected chi connectivity index (χ1v) is 5.71. The van der Waals surface area contributed by atoms with Crippen LogP contribution in [0.2, 0.25) is 5.02 Å². The molecule has 2 aromatic carbocycles. The molecule has 0 radical (unpaired) electrons. The summed E-state index contributed by atoms with van der Waals surface area (Å²) in [7, 11) is 0. The van der Waals surface area contributed by atoms with Crippen molar-refractivity contribution < 1.29 is 9.72 Å². The molecule has 0 fully saturated rings. The van der Waals surface area contributed by atoms with Gasteiger partial charge in [0.05, 0.1) is 15.5 Å². The zero-order valence-electron chi connectivity index (χ0n) is 9.67. The first kappa shape index (κ1) is 13.0. The molecule has 0 bridgehead atoms. The summed E-state index contributed by atoms with van der Waals surface area (Å²) in [4.78, 5) is 22.4. The van der Waals surface area contributed by atoms with Gasteiger partial charge in [0.1, 0.15) is 0 Å². The van der Waals surface area contributed by atoms with Crippen LogP contribution >= 0.6 is 11.6 Å². The standard InChI is InChI=1S/C13H9ClN2O3/c14-11-4-2-1-3-9(11)13(17)10-7-8(16(18)19)5-6-12(10)15/h1-7H,15H2/i5+1,6+1,7+1,8+1,10+1,12+1. The molecular weight excluding hydrogens is 274 g/mol. The lowest BCUT2D eigenvalue weighted by molar-refractivity contribution is -0.384. The van der Waals surface area contributed by atoms with Gasteiger partial charge in [-0.15, -0.1) is 0 Å². The molecule has 96 valence electrons. The van der Waals surface area contributed by atoms with Gasteiger partial charge in [0.15, 0.2) is 5.78 Å². The number of nitrogen functional groups attached to an aromatic ring is 1. The number of nitrogens with zero attached hydrogens (tertiary/aromatic N) is 1. The van der Waals surface area contributed by atoms with E-state index in [1.165, 1.54) is 12.1 Å². The predicted octanol–water partition coefficient (Wildman–Crippen LogP) is 3.06. The van der Waals surface area contributed by atoms with Crippen LogP contribution in [0.3, 0.4) is 0 Å². The summed E-state index contributed by atoms with van der Waals surface area (Å²) < 4.78 is 0. The van der Waals surface area contributed by atoms with Crippen molar-refractivity contribution in [3.8, 4) is 0 Å². The summed E-state index contributed by atoms with van der Waals surface area (Å²) in [5, 5.41) is 11.0. The van der Waals surface area contributed by atoms with Crippen LogP contribution < -0.4 is 5.73 Å². The molecule has 6 heteroatoms. The summed E-state index contributed by atoms with van der Waals surface area (Å²) in [6, 6.07) is 10.2. The molecule has 0 saturated carbocycles. The van der Waals surface area contributed by atoms with Crippen molar-refractivity contribution in [3.05, 3.63) is 68.7 Å². The zero-order valence-corrected chi connectivity index (χ0v) is 10.4. The minimum Gasteiger partial charge on any atom is -0.398 e. The second-order valence-electron chi connectivity index (χ2n) is 3.84. The van der Waals surface area contributed by atoms with Gasteiger partial charge < -0.3 is 5.73 Å². The summed E-state index contributed by atoms with van der Waals surface area (Å²) in [6.07, 6.45) is 0. The fraction of sp³-hybridized carbons (Fsp3) is 0. The van der Waals surface area contributed by atoms with Crippen LogP contribution in [0, 0.1) is 10.1 Å². The number of carbonyl (C=O) groups excluding carboxylic acids is 1. The minimum atomic E-state index is -0.581. The van der Waals surface area contributed by atoms with E-state index in [0.29, 0.717) is 0 Å². The van der Waals surface area contributed by atoms with Gasteiger partial charge in [0.2, 0.25) is 0 Å². The fourth-order valence-electron chi connectivity index (χ4n) is 1.64. The van der Waals surface area contributed by atoms with E-state index in [4.69, 9.17) is 17.3 Å². The Labute approximate surface area is 113 Å². The second kappa shape index (κ2) is 5.07. The third kappa shape index (κ3) is 2.56. The van der Waals surface area contributed by atoms with E-state index in [0.717, 1.165) is 6.07 Å². The van der Waals surface area contributed by atoms with Gasteiger partial charge in [0.25, 0.3) is 5.69 Å². The molecule has 0 spiro atoms. The molecule has 2 rings (SSSR count). The molecule has 0 atom stereocenters. The van der Waals surface area contributed by atoms with Gasteiger partial charge >= 0.3 is 0 Å². The molecule has 0 aliphatic heterocycles. The van der Waals surface area contributed by atoms with Crippen LogP contribution in [0.15, 0.2) is 42.5 Å². The van der Waals surface area contributed by atoms with Gasteiger partial charge in [-0.05, 0) is 18.2 Å². The van der Waals surface area contributed by atoms with Gasteiger partial charge in [0, 0.05) is 23.4 Å². The maximum absolute atomic E-state index is 12.3. The van der Waals surface area contributed by atoms with Crippen LogP contribution in [0.1, 0.15) is 15.9 Å². The predicted molar refractivity (Wildman–Crippen MR) is 72.4 cm³/mol. The molecule has 0 unspecified atom stereocenters. The van der Waals surface area contributed by atoms with E-state index >= 15 is 0 Å². The van der Waals surface area contributed by atoms with Crippen molar-refractivity contribution in [2.45, 2.75) is 0 Å². The number of benzene rings is 2. The van der Waals surface area contributed by atoms with E-state index in [1.807, 2.05) is 0 Å². The number of carbonyl (C=O) groups is 1. The lowest BCUT2D eigenvalue weighted by Crippen LogP contribution is -2.06. The van der Waals surface area contributed by atoms with Crippen LogP contribution in [0.5, 0.6) is 0 Å². The number of ketones is 1. The number of nitro groups is 1. The smallest absolute Gasteiger partial charge is 0.270 e. The quantitative estimate of drug-likeness (QED) is 0.406. The lowest BCUT2D eigenvalue weighted by Gasteiger charge is -2.06. The average molecular weight is 283 g/mol. The van der Waals surface area contributed by atoms with Crippen molar-refractivity contribution in [2.75, 3.05) is 5.73 Å². The number of nitro benzene ring substituents is 1. The van der Waals surface area contributed by atoms with Crippen molar-refractivity contribution in [2.24, 2.45) is 0 Å². The molecule has 2 N–H and O–H groups in total. The fourth-order valence-corrected chi connectivity index (χ4v) is 1.87. The summed E-state index contributed by atoms with van der Waals surface area (Å²) in [5.41, 5.74) is 6.01. The van der Waals surface area contributed by atoms with E-state index in [-0.39, 0.29) is 27.5 Å². The lowest BCUT2D eigenvalue weighted by atomic mass is 10.2. The van der Waals surface area contributed by atoms with Gasteiger partial charge in [-0.1, -0.05) is 23.7 Å². The third-order valence-corrected chi connectivity index (χ3v) is 2.94. The Morgan fingerprint density at radius 3 is 2.47 bits per heavy atom. The molecule has 0 heterocycles. The molecule has 0 aliphatic rings. The van der Waals surface area contributed by atoms with Crippen LogP contribution in [0.4, 0.5) is 11.4 Å². The molecule has 0 aliphatic carbocycles. The average Bonchev–Trinajstić information content (AvgIpc) is 2.38. The highest BCUT2D eigenvalue weighted by atomic mass is 35.5. The Bertz CT molecular complexity index is 671. The van der Waals surface area contributed by atoms with E-state index in [1.54, 1.807) is 24.3 Å². The summed E-state index contributed by atoms with van der Waals surface area (Å²) >= 11 is 5.93. The van der Waals surface area contributed by atoms with E-state index < -0.39 is 10.7 Å². The largest absolute Gasteiger partial charge is 0.398 e. The Kier molecular flexibility index (Phi) is 3.48. The summed E-state index contributed by atoms with van der Waals surface area (Å²) in [5.74, 6) is -0.438. The van der Waals surface area contributed by atoms with Crippen molar-refractivity contribution in [1.29, 1.82) is 0 Å². The van der Waals surface area contributed by atoms with Crippen molar-refractivity contribution >= 4 is 28.8 Å². The first-order valence-electron chi connectivity index (χ1n) is 5.34. The molecule has 0 amide bonds. The highest BCUT2D eigenvalue weighted by molar-refractivity contribution is 6.35. The molecule has 0 aromatic heterocycles. The second-order valence-corrected chi connectivity index (χ2v) is 4.24. The number of hydrogen-bond acceptors (Lipinski definition) is 4. The maximum Gasteiger partial charge on any atom is 0.270 e. The Morgan fingerprint density at radius 1 is 1.16 bits per heavy atom. The summed E-state index contributed by atoms with van der Waals surface area (Å²) in [6.45, 7) is 0. The van der Waals surface area contributed by atoms with Crippen LogP contribution in [-0.2, 0) is 0 Å². The van der Waals surface area contributed by atoms with E-state index in [2.05, 4.69) is 0 Å². The number of non-ortho nitro benzene ring substituents is 1. The van der Waals surface area contributed by atoms with E-state index in [9.17, 15) is 14.9 Å². The molecular formula is C13H9ClN2O3. The first-order chi connectivity index (χ1) is 9.00. The van der Waals surface area contributed by atoms with Gasteiger partial charge in [-0.3, -0.25) is 14.9 Å². The number of nitrogens with two attached hydrogens (primary N) is 1. The molecule has 2 aromatic rings. The number of halogens is 1. The van der Waals surface area contributed by atoms with Gasteiger partial charge in [-0.2, -0.15) is 0 Å². The maximum atomic E-state index is 12.3. The van der Waals surface area contributed by atoms with Crippen molar-refractivity contribution in [3.63, 3.8) is 0 Å². The van der Waals surface area contributed by atoms with Crippen molar-refractivity contribution in [1.82, 2.24) is 0 Å². The molecule has 5 nitrogen and oxygen atoms in total. The Morgan fingerprint density at radius 2 is 1.84 bits per heavy atom. The number of rotatable bonds is 3. The van der Waals surface area contributed by atoms with Crippen LogP contribution in [-0.4, -0.2) is 10.7 Å². The molecule has 0 saturated heterocycles. The minimum absolute atomic E-state index is 0.0716. The zero-order chi connectivity index (χ0) is 14.0. The highest BCUT2D eigenvalue weighted by Crippen LogP contribution is 2.25. The normalized spacial score (nSPS) is 10.2. The Balaban J connectivity index is 2.53.